The Morgan fingerprint density at radius 1 is 0.714 bits per heavy atom. The number of amides is 2. The number of aromatic nitrogens is 6. The molecule has 2 atom stereocenters. The molecule has 2 fully saturated rings. The molecule has 358 valence electrons. The fourth-order valence-electron chi connectivity index (χ4n) is 9.17. The number of halogens is 4. The number of ether oxygens (including phenoxy) is 1. The van der Waals surface area contributed by atoms with Crippen molar-refractivity contribution in [1.82, 2.24) is 50.0 Å². The van der Waals surface area contributed by atoms with E-state index in [0.717, 1.165) is 56.7 Å². The van der Waals surface area contributed by atoms with Crippen LogP contribution in [0.2, 0.25) is 5.02 Å². The molecule has 1 saturated heterocycles. The van der Waals surface area contributed by atoms with Crippen molar-refractivity contribution in [2.75, 3.05) is 49.9 Å². The highest BCUT2D eigenvalue weighted by atomic mass is 35.5. The van der Waals surface area contributed by atoms with E-state index in [1.807, 2.05) is 48.7 Å². The molecule has 15 nitrogen and oxygen atoms in total. The first kappa shape index (κ1) is 46.2. The van der Waals surface area contributed by atoms with E-state index >= 15 is 0 Å². The molecule has 4 aromatic carbocycles. The van der Waals surface area contributed by atoms with Crippen LogP contribution in [0.5, 0.6) is 5.75 Å². The molecule has 2 amide bonds. The van der Waals surface area contributed by atoms with Crippen LogP contribution in [0.1, 0.15) is 57.9 Å². The first-order valence-corrected chi connectivity index (χ1v) is 23.5. The molecule has 70 heavy (non-hydrogen) atoms. The molecule has 5 N–H and O–H groups in total. The lowest BCUT2D eigenvalue weighted by atomic mass is 9.79. The summed E-state index contributed by atoms with van der Waals surface area (Å²) in [5.74, 6) is -0.555. The number of piperazine rings is 1. The highest BCUT2D eigenvalue weighted by Crippen LogP contribution is 2.40. The van der Waals surface area contributed by atoms with Crippen molar-refractivity contribution >= 4 is 58.0 Å². The number of nitrogens with zero attached hydrogens (tertiary/aromatic N) is 7. The van der Waals surface area contributed by atoms with Gasteiger partial charge >= 0.3 is 6.36 Å². The summed E-state index contributed by atoms with van der Waals surface area (Å²) >= 11 is 6.11. The summed E-state index contributed by atoms with van der Waals surface area (Å²) in [6, 6.07) is 33.0. The van der Waals surface area contributed by atoms with E-state index in [1.54, 1.807) is 75.9 Å². The number of rotatable bonds is 14. The van der Waals surface area contributed by atoms with Crippen molar-refractivity contribution < 1.29 is 27.5 Å². The lowest BCUT2D eigenvalue weighted by Crippen LogP contribution is -2.46. The van der Waals surface area contributed by atoms with Crippen LogP contribution in [-0.4, -0.2) is 97.6 Å². The predicted molar refractivity (Wildman–Crippen MR) is 262 cm³/mol. The molecule has 19 heteroatoms. The summed E-state index contributed by atoms with van der Waals surface area (Å²) < 4.78 is 49.4. The van der Waals surface area contributed by atoms with Gasteiger partial charge < -0.3 is 31.3 Å². The zero-order valence-corrected chi connectivity index (χ0v) is 38.5. The molecule has 0 bridgehead atoms. The molecule has 1 aliphatic heterocycles. The topological polar surface area (TPSA) is 167 Å². The molecule has 1 saturated carbocycles. The number of fused-ring (bicyclic) bond motifs is 2. The number of carbonyl (C=O) groups excluding carboxylic acids is 2. The van der Waals surface area contributed by atoms with E-state index in [9.17, 15) is 22.8 Å². The average Bonchev–Trinajstić information content (AvgIpc) is 3.98. The van der Waals surface area contributed by atoms with Crippen molar-refractivity contribution in [3.8, 4) is 28.0 Å². The normalized spacial score (nSPS) is 16.5. The van der Waals surface area contributed by atoms with Gasteiger partial charge in [-0.2, -0.15) is 9.97 Å². The number of nitrogens with one attached hydrogen (secondary N) is 5. The SMILES string of the molecule is O=C(NCCN1CCNCC1)c1ccc(Nc2nc3c(-c4cc(OC(F)(F)F)cc(C5CCCCC5NC(=O)c5ccc(Nc6nc7c(-c8ccc(Cl)cc8)cccn7n6)cc5)c4)cccn3n2)cc1. The molecule has 1 aliphatic carbocycles. The number of pyridine rings is 2. The second-order valence-corrected chi connectivity index (χ2v) is 17.8. The molecule has 8 aromatic rings. The zero-order valence-electron chi connectivity index (χ0n) is 37.7. The summed E-state index contributed by atoms with van der Waals surface area (Å²) in [5, 5.41) is 25.7. The van der Waals surface area contributed by atoms with Crippen LogP contribution in [0.15, 0.2) is 128 Å². The summed E-state index contributed by atoms with van der Waals surface area (Å²) in [5.41, 5.74) is 6.67. The number of carbonyl (C=O) groups is 2. The maximum atomic E-state index is 13.9. The van der Waals surface area contributed by atoms with Crippen LogP contribution < -0.4 is 31.3 Å². The van der Waals surface area contributed by atoms with Crippen LogP contribution in [0, 0.1) is 0 Å². The average molecular weight is 969 g/mol. The van der Waals surface area contributed by atoms with Crippen molar-refractivity contribution in [1.29, 1.82) is 0 Å². The summed E-state index contributed by atoms with van der Waals surface area (Å²) in [6.45, 7) is 5.12. The van der Waals surface area contributed by atoms with Crippen molar-refractivity contribution in [2.24, 2.45) is 0 Å². The van der Waals surface area contributed by atoms with Crippen molar-refractivity contribution in [3.05, 3.63) is 149 Å². The Morgan fingerprint density at radius 3 is 1.91 bits per heavy atom. The van der Waals surface area contributed by atoms with E-state index in [0.29, 0.717) is 80.8 Å². The molecule has 2 aliphatic rings. The lowest BCUT2D eigenvalue weighted by Gasteiger charge is -2.33. The van der Waals surface area contributed by atoms with Crippen LogP contribution in [0.25, 0.3) is 33.5 Å². The zero-order chi connectivity index (χ0) is 48.2. The van der Waals surface area contributed by atoms with Gasteiger partial charge in [-0.25, -0.2) is 9.03 Å². The van der Waals surface area contributed by atoms with Gasteiger partial charge in [-0.15, -0.1) is 23.4 Å². The van der Waals surface area contributed by atoms with Crippen molar-refractivity contribution in [3.63, 3.8) is 0 Å². The Hall–Kier alpha value is -7.54. The Balaban J connectivity index is 0.836. The molecule has 0 spiro atoms. The second kappa shape index (κ2) is 20.2. The lowest BCUT2D eigenvalue weighted by molar-refractivity contribution is -0.274. The minimum absolute atomic E-state index is 0.168. The second-order valence-electron chi connectivity index (χ2n) is 17.3. The quantitative estimate of drug-likeness (QED) is 0.0705. The predicted octanol–water partition coefficient (Wildman–Crippen LogP) is 9.24. The van der Waals surface area contributed by atoms with E-state index in [-0.39, 0.29) is 35.5 Å². The Bertz CT molecular complexity index is 3140. The number of anilines is 4. The summed E-state index contributed by atoms with van der Waals surface area (Å²) in [7, 11) is 0. The van der Waals surface area contributed by atoms with Gasteiger partial charge in [0.1, 0.15) is 5.75 Å². The Kier molecular flexibility index (Phi) is 13.3. The van der Waals surface area contributed by atoms with Crippen LogP contribution in [0.3, 0.4) is 0 Å². The smallest absolute Gasteiger partial charge is 0.406 e. The van der Waals surface area contributed by atoms with Gasteiger partial charge in [0.25, 0.3) is 11.8 Å². The van der Waals surface area contributed by atoms with Gasteiger partial charge in [0.05, 0.1) is 0 Å². The van der Waals surface area contributed by atoms with Gasteiger partial charge in [0.2, 0.25) is 11.9 Å². The monoisotopic (exact) mass is 968 g/mol. The van der Waals surface area contributed by atoms with Gasteiger partial charge in [0, 0.05) is 102 Å². The third kappa shape index (κ3) is 10.8. The van der Waals surface area contributed by atoms with Gasteiger partial charge in [-0.1, -0.05) is 42.6 Å². The molecule has 10 rings (SSSR count). The number of hydrogen-bond donors (Lipinski definition) is 5. The minimum atomic E-state index is -4.95. The fraction of sp³-hybridized carbons (Fsp3) is 0.255. The first-order chi connectivity index (χ1) is 34.0. The van der Waals surface area contributed by atoms with E-state index in [4.69, 9.17) is 21.6 Å². The summed E-state index contributed by atoms with van der Waals surface area (Å²) in [4.78, 5) is 38.4. The molecule has 4 aromatic heterocycles. The Morgan fingerprint density at radius 2 is 1.30 bits per heavy atom. The maximum absolute atomic E-state index is 13.9. The molecule has 2 unspecified atom stereocenters. The van der Waals surface area contributed by atoms with Crippen LogP contribution in [-0.2, 0) is 0 Å². The van der Waals surface area contributed by atoms with E-state index < -0.39 is 6.36 Å². The standard InChI is InChI=1S/C51H48ClF3N12O3/c52-37-15-9-32(10-16-37)42-6-3-24-66-45(42)61-49(63-66)59-39-19-13-34(14-20-39)48(69)60-44-8-2-1-5-41(44)35-29-36(31-40(30-35)70-51(53,54)55)43-7-4-25-67-46(43)62-50(64-67)58-38-17-11-33(12-18-38)47(68)57-23-28-65-26-21-56-22-27-65/h3-4,6-7,9-20,24-25,29-31,41,44,56H,1-2,5,8,21-23,26-28H2,(H,57,68)(H,58,64)(H,59,63)(H,60,69). The van der Waals surface area contributed by atoms with E-state index in [1.165, 1.54) is 12.1 Å². The van der Waals surface area contributed by atoms with Crippen LogP contribution in [0.4, 0.5) is 36.4 Å². The van der Waals surface area contributed by atoms with Gasteiger partial charge in [0.15, 0.2) is 11.3 Å². The number of alkyl halides is 3. The first-order valence-electron chi connectivity index (χ1n) is 23.1. The van der Waals surface area contributed by atoms with Gasteiger partial charge in [-0.05, 0) is 127 Å². The van der Waals surface area contributed by atoms with Crippen LogP contribution >= 0.6 is 11.6 Å². The summed E-state index contributed by atoms with van der Waals surface area (Å²) in [6.07, 6.45) is 1.49. The largest absolute Gasteiger partial charge is 0.573 e. The third-order valence-corrected chi connectivity index (χ3v) is 12.8. The number of hydrogen-bond acceptors (Lipinski definition) is 11. The fourth-order valence-corrected chi connectivity index (χ4v) is 9.30. The molecule has 5 heterocycles. The van der Waals surface area contributed by atoms with Crippen molar-refractivity contribution in [2.45, 2.75) is 44.0 Å². The third-order valence-electron chi connectivity index (χ3n) is 12.6. The minimum Gasteiger partial charge on any atom is -0.406 e. The Labute approximate surface area is 405 Å². The van der Waals surface area contributed by atoms with E-state index in [2.05, 4.69) is 46.4 Å². The molecule has 0 radical (unpaired) electrons. The maximum Gasteiger partial charge on any atom is 0.573 e. The number of benzene rings is 4. The molecular weight excluding hydrogens is 921 g/mol. The van der Waals surface area contributed by atoms with Gasteiger partial charge in [-0.3, -0.25) is 14.5 Å². The molecular formula is C51H48ClF3N12O3. The highest BCUT2D eigenvalue weighted by Gasteiger charge is 2.34. The highest BCUT2D eigenvalue weighted by molar-refractivity contribution is 6.30.